The summed E-state index contributed by atoms with van der Waals surface area (Å²) in [4.78, 5) is 52.1. The lowest BCUT2D eigenvalue weighted by Crippen LogP contribution is -2.65. The zero-order valence-electron chi connectivity index (χ0n) is 31.6. The third-order valence-corrected chi connectivity index (χ3v) is 11.5. The largest absolute Gasteiger partial charge is 0.456 e. The van der Waals surface area contributed by atoms with Crippen LogP contribution in [0.1, 0.15) is 102 Å². The van der Waals surface area contributed by atoms with Crippen LogP contribution in [0.15, 0.2) is 63.3 Å². The highest BCUT2D eigenvalue weighted by molar-refractivity contribution is 5.98. The second-order valence-electron chi connectivity index (χ2n) is 14.8. The summed E-state index contributed by atoms with van der Waals surface area (Å²) >= 11 is 0. The molecule has 3 N–H and O–H groups in total. The summed E-state index contributed by atoms with van der Waals surface area (Å²) in [6.07, 6.45) is 3.55. The van der Waals surface area contributed by atoms with Crippen LogP contribution in [-0.4, -0.2) is 62.0 Å². The number of ketones is 3. The summed E-state index contributed by atoms with van der Waals surface area (Å²) in [6.45, 7) is 37.4. The third-order valence-electron chi connectivity index (χ3n) is 11.5. The molecule has 0 amide bonds. The van der Waals surface area contributed by atoms with Gasteiger partial charge in [-0.25, -0.2) is 0 Å². The Bertz CT molecular complexity index is 1250. The van der Waals surface area contributed by atoms with Crippen LogP contribution >= 0.6 is 0 Å². The van der Waals surface area contributed by atoms with Crippen molar-refractivity contribution in [2.45, 2.75) is 125 Å². The van der Waals surface area contributed by atoms with E-state index in [1.54, 1.807) is 13.8 Å². The lowest BCUT2D eigenvalue weighted by Gasteiger charge is -2.64. The van der Waals surface area contributed by atoms with Crippen molar-refractivity contribution in [3.05, 3.63) is 63.3 Å². The molecule has 8 nitrogen and oxygen atoms in total. The summed E-state index contributed by atoms with van der Waals surface area (Å²) in [6, 6.07) is 0. The summed E-state index contributed by atoms with van der Waals surface area (Å²) < 4.78 is 5.23. The summed E-state index contributed by atoms with van der Waals surface area (Å²) in [5.41, 5.74) is -5.43. The maximum atomic E-state index is 14.3. The number of aliphatic hydroxyl groups excluding tert-OH is 2. The first-order valence-electron chi connectivity index (χ1n) is 16.9. The number of carbonyl (C=O) groups excluding carboxylic acids is 4. The van der Waals surface area contributed by atoms with E-state index in [1.165, 1.54) is 26.0 Å². The molecule has 0 spiro atoms. The Hall–Kier alpha value is -2.94. The average molecular weight is 673 g/mol. The van der Waals surface area contributed by atoms with Crippen molar-refractivity contribution in [2.75, 3.05) is 0 Å². The van der Waals surface area contributed by atoms with Gasteiger partial charge in [0, 0.05) is 30.1 Å². The van der Waals surface area contributed by atoms with Gasteiger partial charge in [-0.1, -0.05) is 46.3 Å². The molecule has 9 atom stereocenters. The first kappa shape index (κ1) is 45.1. The van der Waals surface area contributed by atoms with E-state index in [9.17, 15) is 34.5 Å². The predicted octanol–water partition coefficient (Wildman–Crippen LogP) is 6.93. The van der Waals surface area contributed by atoms with E-state index >= 15 is 0 Å². The van der Waals surface area contributed by atoms with Gasteiger partial charge in [0.25, 0.3) is 0 Å². The van der Waals surface area contributed by atoms with Crippen molar-refractivity contribution in [3.63, 3.8) is 0 Å². The fourth-order valence-electron chi connectivity index (χ4n) is 9.40. The molecule has 0 heterocycles. The number of carbonyl (C=O) groups is 4. The minimum absolute atomic E-state index is 0.0284. The molecular weight excluding hydrogens is 608 g/mol. The van der Waals surface area contributed by atoms with Crippen LogP contribution in [0.4, 0.5) is 0 Å². The molecule has 272 valence electrons. The summed E-state index contributed by atoms with van der Waals surface area (Å²) in [5, 5.41) is 34.0. The smallest absolute Gasteiger partial charge is 0.303 e. The zero-order chi connectivity index (χ0) is 38.4. The van der Waals surface area contributed by atoms with Gasteiger partial charge in [-0.05, 0) is 88.7 Å². The van der Waals surface area contributed by atoms with E-state index in [1.807, 2.05) is 41.5 Å². The van der Waals surface area contributed by atoms with Gasteiger partial charge in [0.05, 0.1) is 6.10 Å². The van der Waals surface area contributed by atoms with Gasteiger partial charge < -0.3 is 20.1 Å². The second-order valence-corrected chi connectivity index (χ2v) is 14.8. The van der Waals surface area contributed by atoms with Crippen molar-refractivity contribution in [3.8, 4) is 0 Å². The molecular formula is C40H64O8. The van der Waals surface area contributed by atoms with Gasteiger partial charge in [-0.15, -0.1) is 39.5 Å². The fraction of sp³-hybridized carbons (Fsp3) is 0.650. The quantitative estimate of drug-likeness (QED) is 0.162. The first-order valence-corrected chi connectivity index (χ1v) is 16.9. The molecule has 4 aliphatic carbocycles. The van der Waals surface area contributed by atoms with Crippen molar-refractivity contribution >= 4 is 23.3 Å². The average Bonchev–Trinajstić information content (AvgIpc) is 3.23. The molecule has 0 aromatic heterocycles. The van der Waals surface area contributed by atoms with Crippen LogP contribution in [0.2, 0.25) is 0 Å². The van der Waals surface area contributed by atoms with Crippen molar-refractivity contribution < 1.29 is 39.2 Å². The molecule has 8 heteroatoms. The molecule has 0 bridgehead atoms. The van der Waals surface area contributed by atoms with Gasteiger partial charge >= 0.3 is 5.97 Å². The number of aliphatic hydroxyl groups is 3. The van der Waals surface area contributed by atoms with Gasteiger partial charge in [-0.2, -0.15) is 0 Å². The minimum atomic E-state index is -1.99. The summed E-state index contributed by atoms with van der Waals surface area (Å²) in [5.74, 6) is -2.85. The number of esters is 1. The Morgan fingerprint density at radius 1 is 0.938 bits per heavy atom. The Morgan fingerprint density at radius 2 is 1.44 bits per heavy atom. The maximum Gasteiger partial charge on any atom is 0.303 e. The van der Waals surface area contributed by atoms with Gasteiger partial charge in [0.2, 0.25) is 0 Å². The minimum Gasteiger partial charge on any atom is -0.456 e. The lowest BCUT2D eigenvalue weighted by atomic mass is 9.38. The maximum absolute atomic E-state index is 14.3. The van der Waals surface area contributed by atoms with Gasteiger partial charge in [-0.3, -0.25) is 19.2 Å². The third kappa shape index (κ3) is 7.31. The van der Waals surface area contributed by atoms with Crippen molar-refractivity contribution in [1.29, 1.82) is 0 Å². The molecule has 4 aliphatic rings. The topological polar surface area (TPSA) is 138 Å². The predicted molar refractivity (Wildman–Crippen MR) is 193 cm³/mol. The Morgan fingerprint density at radius 3 is 1.92 bits per heavy atom. The number of hydrogen-bond donors (Lipinski definition) is 3. The summed E-state index contributed by atoms with van der Waals surface area (Å²) in [7, 11) is 0. The van der Waals surface area contributed by atoms with Crippen LogP contribution in [0.5, 0.6) is 0 Å². The highest BCUT2D eigenvalue weighted by atomic mass is 16.6. The van der Waals surface area contributed by atoms with E-state index < -0.39 is 62.7 Å². The molecule has 3 unspecified atom stereocenters. The molecule has 4 rings (SSSR count). The van der Waals surface area contributed by atoms with Crippen molar-refractivity contribution in [2.24, 2.45) is 39.4 Å². The van der Waals surface area contributed by atoms with E-state index in [4.69, 9.17) is 4.74 Å². The fourth-order valence-corrected chi connectivity index (χ4v) is 9.40. The van der Waals surface area contributed by atoms with Crippen LogP contribution in [0.25, 0.3) is 0 Å². The Kier molecular flexibility index (Phi) is 15.2. The highest BCUT2D eigenvalue weighted by Gasteiger charge is 2.74. The Labute approximate surface area is 290 Å². The van der Waals surface area contributed by atoms with E-state index in [0.717, 1.165) is 5.57 Å². The van der Waals surface area contributed by atoms with Crippen molar-refractivity contribution in [1.82, 2.24) is 0 Å². The SMILES string of the molecule is C=C.C=C.C=C.CC.CC(=O)OC(C)(C)/C=C/C(=O)[C@](C)(O)[C@H]1[C@H](O)C[C@@]2(C)C3CC=C4C(CC(O)C(=O)C4(C)C)[C@]3(C)C(=O)C[C@]12C. The van der Waals surface area contributed by atoms with Crippen LogP contribution in [0, 0.1) is 39.4 Å². The van der Waals surface area contributed by atoms with E-state index in [0.29, 0.717) is 12.8 Å². The monoisotopic (exact) mass is 672 g/mol. The first-order chi connectivity index (χ1) is 22.1. The number of Topliss-reactive ketones (excluding diaryl/α,β-unsaturated/α-hetero) is 2. The molecule has 0 saturated heterocycles. The number of hydrogen-bond acceptors (Lipinski definition) is 8. The van der Waals surface area contributed by atoms with Gasteiger partial charge in [0.1, 0.15) is 23.1 Å². The van der Waals surface area contributed by atoms with Crippen LogP contribution in [0.3, 0.4) is 0 Å². The number of ether oxygens (including phenoxy) is 1. The van der Waals surface area contributed by atoms with Gasteiger partial charge in [0.15, 0.2) is 11.6 Å². The number of allylic oxidation sites excluding steroid dienone is 2. The molecule has 0 radical (unpaired) electrons. The number of fused-ring (bicyclic) bond motifs is 5. The standard InChI is InChI=1S/C32H46O8.C2H6.3C2H4/c1-17(33)40-27(2,3)13-12-23(36)32(9,39)25-21(35)15-29(6)22-11-10-18-19(14-20(34)26(38)28(18,4)5)31(22,8)24(37)16-30(25,29)7;4*1-2/h10,12-13,19-22,25,34-35,39H,11,14-16H2,1-9H3;1-2H3;3*1-2H2/b13-12+;;;;/t19?,20?,21-,22?,25+,29+,30-,31+,32+;;;;/m1..../s1. The lowest BCUT2D eigenvalue weighted by molar-refractivity contribution is -0.183. The molecule has 48 heavy (non-hydrogen) atoms. The molecule has 0 aromatic rings. The van der Waals surface area contributed by atoms with Crippen LogP contribution in [-0.2, 0) is 23.9 Å². The molecule has 0 aliphatic heterocycles. The van der Waals surface area contributed by atoms with E-state index in [2.05, 4.69) is 52.5 Å². The van der Waals surface area contributed by atoms with E-state index in [-0.39, 0.29) is 36.2 Å². The molecule has 3 saturated carbocycles. The normalized spacial score (nSPS) is 35.7. The van der Waals surface area contributed by atoms with Crippen LogP contribution < -0.4 is 0 Å². The Balaban J connectivity index is 0.00000257. The molecule has 0 aromatic carbocycles. The highest BCUT2D eigenvalue weighted by Crippen LogP contribution is 2.74. The second kappa shape index (κ2) is 16.2. The molecule has 3 fully saturated rings. The zero-order valence-corrected chi connectivity index (χ0v) is 31.6. The number of rotatable bonds is 5.